The minimum atomic E-state index is -0.286. The quantitative estimate of drug-likeness (QED) is 0.664. The molecule has 0 atom stereocenters. The largest absolute Gasteiger partial charge is 0.362 e. The van der Waals surface area contributed by atoms with Crippen LogP contribution in [0.3, 0.4) is 0 Å². The summed E-state index contributed by atoms with van der Waals surface area (Å²) in [7, 11) is 0. The second-order valence-electron chi connectivity index (χ2n) is 4.67. The highest BCUT2D eigenvalue weighted by Gasteiger charge is 2.05. The summed E-state index contributed by atoms with van der Waals surface area (Å²) in [5.74, 6) is -0.341. The Hall–Kier alpha value is -2.42. The molecular weight excluding hydrogens is 253 g/mol. The lowest BCUT2D eigenvalue weighted by molar-refractivity contribution is 0.104. The highest BCUT2D eigenvalue weighted by Crippen LogP contribution is 2.12. The number of hydrogen-bond acceptors (Lipinski definition) is 2. The Morgan fingerprint density at radius 2 is 1.80 bits per heavy atom. The van der Waals surface area contributed by atoms with Crippen LogP contribution in [-0.4, -0.2) is 5.78 Å². The van der Waals surface area contributed by atoms with Gasteiger partial charge in [0.2, 0.25) is 0 Å². The number of benzene rings is 2. The van der Waals surface area contributed by atoms with E-state index >= 15 is 0 Å². The van der Waals surface area contributed by atoms with Crippen molar-refractivity contribution in [2.45, 2.75) is 13.8 Å². The summed E-state index contributed by atoms with van der Waals surface area (Å²) in [6.45, 7) is 3.87. The number of ketones is 1. The molecule has 102 valence electrons. The van der Waals surface area contributed by atoms with Crippen LogP contribution in [0, 0.1) is 19.7 Å². The van der Waals surface area contributed by atoms with E-state index in [1.54, 1.807) is 18.3 Å². The number of carbonyl (C=O) groups excluding carboxylic acids is 1. The molecule has 0 aliphatic carbocycles. The van der Waals surface area contributed by atoms with Crippen molar-refractivity contribution in [3.8, 4) is 0 Å². The maximum Gasteiger partial charge on any atom is 0.187 e. The van der Waals surface area contributed by atoms with Gasteiger partial charge < -0.3 is 5.32 Å². The summed E-state index contributed by atoms with van der Waals surface area (Å²) >= 11 is 0. The Bertz CT molecular complexity index is 645. The summed E-state index contributed by atoms with van der Waals surface area (Å²) in [6, 6.07) is 11.7. The smallest absolute Gasteiger partial charge is 0.187 e. The normalized spacial score (nSPS) is 10.8. The molecule has 0 unspecified atom stereocenters. The summed E-state index contributed by atoms with van der Waals surface area (Å²) in [5.41, 5.74) is 3.43. The maximum absolute atomic E-state index is 12.7. The predicted molar refractivity (Wildman–Crippen MR) is 79.4 cm³/mol. The summed E-state index contributed by atoms with van der Waals surface area (Å²) in [4.78, 5) is 12.1. The van der Waals surface area contributed by atoms with Gasteiger partial charge in [-0.2, -0.15) is 0 Å². The topological polar surface area (TPSA) is 29.1 Å². The molecule has 2 aromatic rings. The highest BCUT2D eigenvalue weighted by molar-refractivity contribution is 6.05. The van der Waals surface area contributed by atoms with Crippen molar-refractivity contribution in [3.05, 3.63) is 77.2 Å². The Kier molecular flexibility index (Phi) is 4.31. The molecule has 1 N–H and O–H groups in total. The van der Waals surface area contributed by atoms with Gasteiger partial charge in [0.25, 0.3) is 0 Å². The number of anilines is 1. The molecule has 0 spiro atoms. The SMILES string of the molecule is Cc1ccc(C)c(C(=O)C=CNc2ccc(F)cc2)c1. The molecule has 0 bridgehead atoms. The predicted octanol–water partition coefficient (Wildman–Crippen LogP) is 4.25. The van der Waals surface area contributed by atoms with Crippen LogP contribution in [0.5, 0.6) is 0 Å². The van der Waals surface area contributed by atoms with Crippen molar-refractivity contribution in [1.82, 2.24) is 0 Å². The van der Waals surface area contributed by atoms with Crippen molar-refractivity contribution in [3.63, 3.8) is 0 Å². The summed E-state index contributed by atoms with van der Waals surface area (Å²) < 4.78 is 12.7. The standard InChI is InChI=1S/C17H16FNO/c1-12-3-4-13(2)16(11-12)17(20)9-10-19-15-7-5-14(18)6-8-15/h3-11,19H,1-2H3. The van der Waals surface area contributed by atoms with Gasteiger partial charge in [0.1, 0.15) is 5.82 Å². The molecular formula is C17H16FNO. The molecule has 2 nitrogen and oxygen atoms in total. The number of nitrogens with one attached hydrogen (secondary N) is 1. The van der Waals surface area contributed by atoms with Crippen LogP contribution in [0.1, 0.15) is 21.5 Å². The molecule has 2 rings (SSSR count). The molecule has 0 saturated heterocycles. The van der Waals surface area contributed by atoms with Crippen LogP contribution in [-0.2, 0) is 0 Å². The fourth-order valence-electron chi connectivity index (χ4n) is 1.85. The summed E-state index contributed by atoms with van der Waals surface area (Å²) in [6.07, 6.45) is 3.04. The van der Waals surface area contributed by atoms with Crippen LogP contribution in [0.4, 0.5) is 10.1 Å². The van der Waals surface area contributed by atoms with Gasteiger partial charge in [-0.25, -0.2) is 4.39 Å². The Balaban J connectivity index is 2.05. The molecule has 0 aliphatic rings. The minimum Gasteiger partial charge on any atom is -0.362 e. The van der Waals surface area contributed by atoms with Gasteiger partial charge in [-0.05, 0) is 49.7 Å². The summed E-state index contributed by atoms with van der Waals surface area (Å²) in [5, 5.41) is 2.94. The van der Waals surface area contributed by atoms with E-state index in [1.165, 1.54) is 18.2 Å². The van der Waals surface area contributed by atoms with Crippen LogP contribution in [0.2, 0.25) is 0 Å². The third-order valence-electron chi connectivity index (χ3n) is 2.99. The highest BCUT2D eigenvalue weighted by atomic mass is 19.1. The van der Waals surface area contributed by atoms with Crippen LogP contribution >= 0.6 is 0 Å². The van der Waals surface area contributed by atoms with E-state index in [1.807, 2.05) is 32.0 Å². The lowest BCUT2D eigenvalue weighted by Gasteiger charge is -2.03. The van der Waals surface area contributed by atoms with Gasteiger partial charge in [0, 0.05) is 23.5 Å². The van der Waals surface area contributed by atoms with Gasteiger partial charge in [0.05, 0.1) is 0 Å². The lowest BCUT2D eigenvalue weighted by Crippen LogP contribution is -1.99. The second kappa shape index (κ2) is 6.15. The van der Waals surface area contributed by atoms with E-state index in [2.05, 4.69) is 5.32 Å². The van der Waals surface area contributed by atoms with E-state index in [0.717, 1.165) is 16.8 Å². The van der Waals surface area contributed by atoms with Gasteiger partial charge in [0.15, 0.2) is 5.78 Å². The third kappa shape index (κ3) is 3.54. The lowest BCUT2D eigenvalue weighted by atomic mass is 10.0. The fourth-order valence-corrected chi connectivity index (χ4v) is 1.85. The van der Waals surface area contributed by atoms with Gasteiger partial charge in [-0.1, -0.05) is 17.7 Å². The number of allylic oxidation sites excluding steroid dienone is 1. The molecule has 2 aromatic carbocycles. The molecule has 0 fully saturated rings. The zero-order valence-electron chi connectivity index (χ0n) is 11.5. The van der Waals surface area contributed by atoms with Crippen molar-refractivity contribution in [1.29, 1.82) is 0 Å². The maximum atomic E-state index is 12.7. The molecule has 3 heteroatoms. The van der Waals surface area contributed by atoms with Gasteiger partial charge in [-0.3, -0.25) is 4.79 Å². The Morgan fingerprint density at radius 1 is 1.10 bits per heavy atom. The van der Waals surface area contributed by atoms with Crippen LogP contribution in [0.15, 0.2) is 54.7 Å². The zero-order chi connectivity index (χ0) is 14.5. The molecule has 0 saturated carbocycles. The molecule has 0 aliphatic heterocycles. The van der Waals surface area contributed by atoms with Crippen molar-refractivity contribution in [2.24, 2.45) is 0 Å². The van der Waals surface area contributed by atoms with Crippen molar-refractivity contribution < 1.29 is 9.18 Å². The molecule has 20 heavy (non-hydrogen) atoms. The van der Waals surface area contributed by atoms with Gasteiger partial charge in [-0.15, -0.1) is 0 Å². The van der Waals surface area contributed by atoms with Gasteiger partial charge >= 0.3 is 0 Å². The average molecular weight is 269 g/mol. The minimum absolute atomic E-state index is 0.0548. The van der Waals surface area contributed by atoms with E-state index < -0.39 is 0 Å². The zero-order valence-corrected chi connectivity index (χ0v) is 11.5. The van der Waals surface area contributed by atoms with Crippen LogP contribution in [0.25, 0.3) is 0 Å². The average Bonchev–Trinajstić information content (AvgIpc) is 2.43. The monoisotopic (exact) mass is 269 g/mol. The first-order chi connectivity index (χ1) is 9.56. The van der Waals surface area contributed by atoms with E-state index in [-0.39, 0.29) is 11.6 Å². The number of rotatable bonds is 4. The molecule has 0 amide bonds. The molecule has 0 radical (unpaired) electrons. The van der Waals surface area contributed by atoms with Crippen molar-refractivity contribution >= 4 is 11.5 Å². The number of aryl methyl sites for hydroxylation is 2. The number of halogens is 1. The molecule has 0 heterocycles. The number of hydrogen-bond donors (Lipinski definition) is 1. The van der Waals surface area contributed by atoms with Crippen molar-refractivity contribution in [2.75, 3.05) is 5.32 Å². The van der Waals surface area contributed by atoms with Crippen LogP contribution < -0.4 is 5.32 Å². The Morgan fingerprint density at radius 3 is 2.50 bits per heavy atom. The second-order valence-corrected chi connectivity index (χ2v) is 4.67. The third-order valence-corrected chi connectivity index (χ3v) is 2.99. The molecule has 0 aromatic heterocycles. The Labute approximate surface area is 118 Å². The van der Waals surface area contributed by atoms with E-state index in [0.29, 0.717) is 5.56 Å². The first kappa shape index (κ1) is 14.0. The first-order valence-corrected chi connectivity index (χ1v) is 6.36. The first-order valence-electron chi connectivity index (χ1n) is 6.36. The van der Waals surface area contributed by atoms with E-state index in [9.17, 15) is 9.18 Å². The fraction of sp³-hybridized carbons (Fsp3) is 0.118. The van der Waals surface area contributed by atoms with E-state index in [4.69, 9.17) is 0 Å². The number of carbonyl (C=O) groups is 1.